The molecule has 5 heteroatoms. The molecule has 0 spiro atoms. The summed E-state index contributed by atoms with van der Waals surface area (Å²) in [6.07, 6.45) is 2.30. The molecule has 0 N–H and O–H groups in total. The zero-order valence-electron chi connectivity index (χ0n) is 18.7. The van der Waals surface area contributed by atoms with Crippen molar-refractivity contribution in [1.82, 2.24) is 0 Å². The zero-order chi connectivity index (χ0) is 21.0. The van der Waals surface area contributed by atoms with Crippen LogP contribution in [0, 0.1) is 0 Å². The van der Waals surface area contributed by atoms with Crippen LogP contribution in [0.2, 0.25) is 18.1 Å². The topological polar surface area (TPSA) is 36.9 Å². The fourth-order valence-corrected chi connectivity index (χ4v) is 4.28. The van der Waals surface area contributed by atoms with Gasteiger partial charge in [-0.25, -0.2) is 0 Å². The Bertz CT molecular complexity index is 621. The highest BCUT2D eigenvalue weighted by atomic mass is 28.4. The minimum atomic E-state index is -1.90. The first-order chi connectivity index (χ1) is 12.9. The maximum Gasteiger partial charge on any atom is 0.192 e. The average Bonchev–Trinajstić information content (AvgIpc) is 2.59. The van der Waals surface area contributed by atoms with Crippen molar-refractivity contribution < 1.29 is 18.6 Å². The first-order valence-electron chi connectivity index (χ1n) is 10.2. The minimum Gasteiger partial charge on any atom is -0.410 e. The first-order valence-corrected chi connectivity index (χ1v) is 13.1. The summed E-state index contributed by atoms with van der Waals surface area (Å²) in [5.41, 5.74) is 1.14. The third-order valence-corrected chi connectivity index (χ3v) is 10.2. The molecule has 1 aliphatic heterocycles. The Kier molecular flexibility index (Phi) is 7.67. The van der Waals surface area contributed by atoms with E-state index in [9.17, 15) is 0 Å². The lowest BCUT2D eigenvalue weighted by Gasteiger charge is -2.43. The molecular formula is C23H38O4Si. The van der Waals surface area contributed by atoms with Crippen LogP contribution in [0.3, 0.4) is 0 Å². The van der Waals surface area contributed by atoms with Crippen molar-refractivity contribution in [2.45, 2.75) is 89.9 Å². The monoisotopic (exact) mass is 406 g/mol. The van der Waals surface area contributed by atoms with Gasteiger partial charge in [0, 0.05) is 6.42 Å². The zero-order valence-corrected chi connectivity index (χ0v) is 19.7. The molecular weight excluding hydrogens is 368 g/mol. The summed E-state index contributed by atoms with van der Waals surface area (Å²) < 4.78 is 24.9. The molecule has 1 aromatic rings. The van der Waals surface area contributed by atoms with Gasteiger partial charge in [0.05, 0.1) is 25.4 Å². The molecule has 0 radical (unpaired) electrons. The van der Waals surface area contributed by atoms with Crippen molar-refractivity contribution in [1.29, 1.82) is 0 Å². The summed E-state index contributed by atoms with van der Waals surface area (Å²) in [7, 11) is -1.90. The SMILES string of the molecule is C=C[C@@H](C[C@@H]1OC(C)(C)OC[C@H]1OCc1ccccc1)O[Si](C)(C)C(C)(C)C. The second-order valence-corrected chi connectivity index (χ2v) is 14.3. The third-order valence-electron chi connectivity index (χ3n) is 5.73. The van der Waals surface area contributed by atoms with Crippen molar-refractivity contribution >= 4 is 8.32 Å². The van der Waals surface area contributed by atoms with E-state index in [1.807, 2.05) is 38.1 Å². The van der Waals surface area contributed by atoms with E-state index in [-0.39, 0.29) is 23.4 Å². The molecule has 0 bridgehead atoms. The maximum atomic E-state index is 6.58. The molecule has 0 unspecified atom stereocenters. The second-order valence-electron chi connectivity index (χ2n) is 9.59. The van der Waals surface area contributed by atoms with Gasteiger partial charge in [-0.15, -0.1) is 6.58 Å². The normalized spacial score (nSPS) is 24.0. The van der Waals surface area contributed by atoms with E-state index in [4.69, 9.17) is 18.6 Å². The number of hydrogen-bond acceptors (Lipinski definition) is 4. The van der Waals surface area contributed by atoms with E-state index < -0.39 is 14.1 Å². The van der Waals surface area contributed by atoms with E-state index in [2.05, 4.69) is 52.6 Å². The molecule has 0 aliphatic carbocycles. The second kappa shape index (κ2) is 9.22. The van der Waals surface area contributed by atoms with Crippen molar-refractivity contribution in [3.63, 3.8) is 0 Å². The van der Waals surface area contributed by atoms with Crippen LogP contribution < -0.4 is 0 Å². The molecule has 1 heterocycles. The maximum absolute atomic E-state index is 6.58. The van der Waals surface area contributed by atoms with Gasteiger partial charge in [-0.1, -0.05) is 57.2 Å². The van der Waals surface area contributed by atoms with Crippen molar-refractivity contribution in [3.05, 3.63) is 48.6 Å². The fraction of sp³-hybridized carbons (Fsp3) is 0.652. The Morgan fingerprint density at radius 1 is 1.25 bits per heavy atom. The fourth-order valence-electron chi connectivity index (χ4n) is 2.97. The van der Waals surface area contributed by atoms with Crippen LogP contribution in [0.5, 0.6) is 0 Å². The number of ether oxygens (including phenoxy) is 3. The van der Waals surface area contributed by atoms with E-state index in [0.29, 0.717) is 19.6 Å². The lowest BCUT2D eigenvalue weighted by atomic mass is 10.0. The number of benzene rings is 1. The van der Waals surface area contributed by atoms with Crippen molar-refractivity contribution in [2.24, 2.45) is 0 Å². The predicted molar refractivity (Wildman–Crippen MR) is 117 cm³/mol. The molecule has 28 heavy (non-hydrogen) atoms. The lowest BCUT2D eigenvalue weighted by molar-refractivity contribution is -0.314. The molecule has 158 valence electrons. The number of rotatable bonds is 8. The third kappa shape index (κ3) is 6.53. The van der Waals surface area contributed by atoms with E-state index >= 15 is 0 Å². The van der Waals surface area contributed by atoms with Gasteiger partial charge < -0.3 is 18.6 Å². The van der Waals surface area contributed by atoms with Crippen molar-refractivity contribution in [3.8, 4) is 0 Å². The average molecular weight is 407 g/mol. The first kappa shape index (κ1) is 23.3. The Labute approximate surface area is 172 Å². The Morgan fingerprint density at radius 3 is 2.46 bits per heavy atom. The van der Waals surface area contributed by atoms with E-state index in [1.165, 1.54) is 0 Å². The van der Waals surface area contributed by atoms with Gasteiger partial charge in [0.1, 0.15) is 6.10 Å². The molecule has 0 saturated carbocycles. The Hall–Kier alpha value is -0.983. The molecule has 1 saturated heterocycles. The van der Waals surface area contributed by atoms with Gasteiger partial charge in [0.15, 0.2) is 14.1 Å². The molecule has 0 aromatic heterocycles. The van der Waals surface area contributed by atoms with Crippen LogP contribution in [0.15, 0.2) is 43.0 Å². The predicted octanol–water partition coefficient (Wildman–Crippen LogP) is 5.69. The van der Waals surface area contributed by atoms with Gasteiger partial charge >= 0.3 is 0 Å². The standard InChI is InChI=1S/C23H38O4Si/c1-9-19(27-28(7,8)22(2,3)4)15-20-21(17-25-23(5,6)26-20)24-16-18-13-11-10-12-14-18/h9-14,19-21H,1,15-17H2,2-8H3/t19-,20-,21+/m0/s1. The summed E-state index contributed by atoms with van der Waals surface area (Å²) >= 11 is 0. The lowest BCUT2D eigenvalue weighted by Crippen LogP contribution is -2.52. The minimum absolute atomic E-state index is 0.0670. The van der Waals surface area contributed by atoms with Crippen molar-refractivity contribution in [2.75, 3.05) is 6.61 Å². The van der Waals surface area contributed by atoms with Crippen LogP contribution in [-0.2, 0) is 25.2 Å². The van der Waals surface area contributed by atoms with Gasteiger partial charge in [0.2, 0.25) is 0 Å². The van der Waals surface area contributed by atoms with Gasteiger partial charge in [-0.3, -0.25) is 0 Å². The molecule has 3 atom stereocenters. The van der Waals surface area contributed by atoms with Crippen LogP contribution in [-0.4, -0.2) is 39.0 Å². The highest BCUT2D eigenvalue weighted by molar-refractivity contribution is 6.74. The van der Waals surface area contributed by atoms with Crippen LogP contribution in [0.25, 0.3) is 0 Å². The molecule has 2 rings (SSSR count). The highest BCUT2D eigenvalue weighted by Gasteiger charge is 2.42. The Morgan fingerprint density at radius 2 is 1.89 bits per heavy atom. The van der Waals surface area contributed by atoms with Gasteiger partial charge in [-0.05, 0) is 37.5 Å². The summed E-state index contributed by atoms with van der Waals surface area (Å²) in [6, 6.07) is 10.2. The van der Waals surface area contributed by atoms with Crippen LogP contribution >= 0.6 is 0 Å². The summed E-state index contributed by atoms with van der Waals surface area (Å²) in [6.45, 7) is 20.2. The van der Waals surface area contributed by atoms with Crippen LogP contribution in [0.1, 0.15) is 46.6 Å². The summed E-state index contributed by atoms with van der Waals surface area (Å²) in [4.78, 5) is 0. The van der Waals surface area contributed by atoms with Gasteiger partial charge in [-0.2, -0.15) is 0 Å². The van der Waals surface area contributed by atoms with Crippen LogP contribution in [0.4, 0.5) is 0 Å². The molecule has 4 nitrogen and oxygen atoms in total. The summed E-state index contributed by atoms with van der Waals surface area (Å²) in [5, 5.41) is 0.146. The molecule has 1 aromatic carbocycles. The Balaban J connectivity index is 2.06. The summed E-state index contributed by atoms with van der Waals surface area (Å²) in [5.74, 6) is -0.625. The highest BCUT2D eigenvalue weighted by Crippen LogP contribution is 2.38. The molecule has 1 aliphatic rings. The molecule has 1 fully saturated rings. The van der Waals surface area contributed by atoms with E-state index in [0.717, 1.165) is 5.56 Å². The van der Waals surface area contributed by atoms with Gasteiger partial charge in [0.25, 0.3) is 0 Å². The quantitative estimate of drug-likeness (QED) is 0.410. The number of hydrogen-bond donors (Lipinski definition) is 0. The van der Waals surface area contributed by atoms with E-state index in [1.54, 1.807) is 0 Å². The smallest absolute Gasteiger partial charge is 0.192 e. The largest absolute Gasteiger partial charge is 0.410 e. The molecule has 0 amide bonds.